The van der Waals surface area contributed by atoms with Crippen molar-refractivity contribution in [1.82, 2.24) is 4.72 Å². The second-order valence-corrected chi connectivity index (χ2v) is 5.58. The first-order chi connectivity index (χ1) is 9.19. The molecule has 0 amide bonds. The summed E-state index contributed by atoms with van der Waals surface area (Å²) >= 11 is 0. The smallest absolute Gasteiger partial charge is 0.324 e. The first kappa shape index (κ1) is 16.0. The third-order valence-corrected chi connectivity index (χ3v) is 4.06. The van der Waals surface area contributed by atoms with E-state index in [1.54, 1.807) is 4.72 Å². The molecule has 3 N–H and O–H groups in total. The van der Waals surface area contributed by atoms with Crippen molar-refractivity contribution in [3.63, 3.8) is 0 Å². The summed E-state index contributed by atoms with van der Waals surface area (Å²) in [5.41, 5.74) is -0.225. The Bertz CT molecular complexity index is 641. The number of nitrogens with one attached hydrogen (secondary N) is 1. The minimum atomic E-state index is -4.30. The lowest BCUT2D eigenvalue weighted by molar-refractivity contribution is -0.385. The Hall–Kier alpha value is -2.04. The highest BCUT2D eigenvalue weighted by Crippen LogP contribution is 2.21. The van der Waals surface area contributed by atoms with E-state index in [-0.39, 0.29) is 5.56 Å². The number of aliphatic hydroxyl groups excluding tert-OH is 1. The number of sulfonamides is 1. The van der Waals surface area contributed by atoms with Crippen LogP contribution in [0.3, 0.4) is 0 Å². The highest BCUT2D eigenvalue weighted by molar-refractivity contribution is 7.89. The zero-order valence-corrected chi connectivity index (χ0v) is 11.1. The van der Waals surface area contributed by atoms with Gasteiger partial charge in [0, 0.05) is 12.1 Å². The molecular weight excluding hydrogens is 292 g/mol. The monoisotopic (exact) mass is 304 g/mol. The van der Waals surface area contributed by atoms with Crippen LogP contribution in [-0.4, -0.2) is 42.2 Å². The molecule has 9 nitrogen and oxygen atoms in total. The van der Waals surface area contributed by atoms with Gasteiger partial charge in [-0.1, -0.05) is 6.07 Å². The van der Waals surface area contributed by atoms with E-state index in [0.717, 1.165) is 12.1 Å². The van der Waals surface area contributed by atoms with E-state index < -0.39 is 44.1 Å². The first-order valence-electron chi connectivity index (χ1n) is 5.30. The fourth-order valence-electron chi connectivity index (χ4n) is 1.41. The Morgan fingerprint density at radius 3 is 2.55 bits per heavy atom. The maximum atomic E-state index is 12.0. The van der Waals surface area contributed by atoms with Gasteiger partial charge in [-0.3, -0.25) is 14.9 Å². The molecule has 0 bridgehead atoms. The highest BCUT2D eigenvalue weighted by Gasteiger charge is 2.27. The summed E-state index contributed by atoms with van der Waals surface area (Å²) in [6, 6.07) is 1.48. The van der Waals surface area contributed by atoms with Gasteiger partial charge in [-0.2, -0.15) is 4.72 Å². The fourth-order valence-corrected chi connectivity index (χ4v) is 2.85. The van der Waals surface area contributed by atoms with Crippen LogP contribution in [0.4, 0.5) is 5.69 Å². The van der Waals surface area contributed by atoms with E-state index in [1.807, 2.05) is 0 Å². The summed E-state index contributed by atoms with van der Waals surface area (Å²) < 4.78 is 25.8. The Labute approximate surface area is 114 Å². The van der Waals surface area contributed by atoms with Crippen molar-refractivity contribution in [3.8, 4) is 0 Å². The number of aryl methyl sites for hydroxylation is 1. The number of aliphatic hydroxyl groups is 1. The number of nitro benzene ring substituents is 1. The van der Waals surface area contributed by atoms with E-state index in [0.29, 0.717) is 0 Å². The maximum Gasteiger partial charge on any atom is 0.324 e. The lowest BCUT2D eigenvalue weighted by Crippen LogP contribution is -2.43. The van der Waals surface area contributed by atoms with Gasteiger partial charge in [0.2, 0.25) is 10.0 Å². The first-order valence-corrected chi connectivity index (χ1v) is 6.78. The van der Waals surface area contributed by atoms with Crippen molar-refractivity contribution >= 4 is 21.7 Å². The van der Waals surface area contributed by atoms with Gasteiger partial charge in [0.1, 0.15) is 6.04 Å². The molecule has 10 heteroatoms. The topological polar surface area (TPSA) is 147 Å². The Kier molecular flexibility index (Phi) is 4.76. The summed E-state index contributed by atoms with van der Waals surface area (Å²) in [6.45, 7) is 0.468. The number of nitrogens with zero attached hydrogens (tertiary/aromatic N) is 1. The van der Waals surface area contributed by atoms with Crippen LogP contribution in [0.5, 0.6) is 0 Å². The molecule has 0 fully saturated rings. The molecule has 1 atom stereocenters. The quantitative estimate of drug-likeness (QED) is 0.479. The molecule has 0 saturated heterocycles. The second kappa shape index (κ2) is 5.94. The predicted molar refractivity (Wildman–Crippen MR) is 66.7 cm³/mol. The molecule has 0 radical (unpaired) electrons. The van der Waals surface area contributed by atoms with Crippen LogP contribution in [-0.2, 0) is 14.8 Å². The number of nitro groups is 1. The Balaban J connectivity index is 3.24. The van der Waals surface area contributed by atoms with Gasteiger partial charge in [-0.05, 0) is 12.5 Å². The fraction of sp³-hybridized carbons (Fsp3) is 0.300. The van der Waals surface area contributed by atoms with Gasteiger partial charge < -0.3 is 10.2 Å². The molecule has 1 aromatic rings. The van der Waals surface area contributed by atoms with Crippen molar-refractivity contribution in [2.24, 2.45) is 0 Å². The molecule has 0 aliphatic carbocycles. The van der Waals surface area contributed by atoms with Gasteiger partial charge in [0.25, 0.3) is 5.69 Å². The van der Waals surface area contributed by atoms with Crippen molar-refractivity contribution in [2.45, 2.75) is 17.9 Å². The summed E-state index contributed by atoms with van der Waals surface area (Å²) in [4.78, 5) is 20.2. The second-order valence-electron chi connectivity index (χ2n) is 3.90. The predicted octanol–water partition coefficient (Wildman–Crippen LogP) is -0.373. The van der Waals surface area contributed by atoms with Crippen LogP contribution in [0.15, 0.2) is 23.1 Å². The molecule has 0 aliphatic rings. The lowest BCUT2D eigenvalue weighted by atomic mass is 10.2. The van der Waals surface area contributed by atoms with Gasteiger partial charge in [-0.25, -0.2) is 8.42 Å². The van der Waals surface area contributed by atoms with E-state index in [4.69, 9.17) is 10.2 Å². The van der Waals surface area contributed by atoms with Crippen molar-refractivity contribution < 1.29 is 28.3 Å². The Morgan fingerprint density at radius 2 is 2.10 bits per heavy atom. The molecule has 0 heterocycles. The number of aliphatic carboxylic acids is 1. The number of carbonyl (C=O) groups is 1. The van der Waals surface area contributed by atoms with Crippen molar-refractivity contribution in [2.75, 3.05) is 6.61 Å². The largest absolute Gasteiger partial charge is 0.480 e. The molecule has 0 aliphatic heterocycles. The van der Waals surface area contributed by atoms with Gasteiger partial charge in [-0.15, -0.1) is 0 Å². The van der Waals surface area contributed by atoms with E-state index in [2.05, 4.69) is 0 Å². The minimum Gasteiger partial charge on any atom is -0.480 e. The zero-order valence-electron chi connectivity index (χ0n) is 10.3. The minimum absolute atomic E-state index is 0.213. The van der Waals surface area contributed by atoms with E-state index in [1.165, 1.54) is 13.0 Å². The molecule has 0 unspecified atom stereocenters. The van der Waals surface area contributed by atoms with E-state index >= 15 is 0 Å². The standard InChI is InChI=1S/C10H12N2O7S/c1-6-2-3-7(12(16)17)4-9(6)20(18,19)11-8(5-13)10(14)15/h2-4,8,11,13H,5H2,1H3,(H,14,15)/t8-/m1/s1. The van der Waals surface area contributed by atoms with Gasteiger partial charge >= 0.3 is 5.97 Å². The average Bonchev–Trinajstić information content (AvgIpc) is 2.35. The van der Waals surface area contributed by atoms with Gasteiger partial charge in [0.05, 0.1) is 16.4 Å². The normalized spacial score (nSPS) is 12.9. The van der Waals surface area contributed by atoms with E-state index in [9.17, 15) is 23.3 Å². The van der Waals surface area contributed by atoms with Crippen LogP contribution in [0, 0.1) is 17.0 Å². The molecule has 0 saturated carbocycles. The van der Waals surface area contributed by atoms with Crippen LogP contribution >= 0.6 is 0 Å². The van der Waals surface area contributed by atoms with Crippen molar-refractivity contribution in [3.05, 3.63) is 33.9 Å². The summed E-state index contributed by atoms with van der Waals surface area (Å²) in [7, 11) is -4.30. The summed E-state index contributed by atoms with van der Waals surface area (Å²) in [5.74, 6) is -1.56. The average molecular weight is 304 g/mol. The van der Waals surface area contributed by atoms with Crippen molar-refractivity contribution in [1.29, 1.82) is 0 Å². The number of carboxylic acid groups (broad SMARTS) is 1. The molecule has 1 aromatic carbocycles. The highest BCUT2D eigenvalue weighted by atomic mass is 32.2. The number of hydrogen-bond donors (Lipinski definition) is 3. The van der Waals surface area contributed by atoms with Crippen LogP contribution in [0.1, 0.15) is 5.56 Å². The molecule has 110 valence electrons. The molecule has 20 heavy (non-hydrogen) atoms. The number of hydrogen-bond acceptors (Lipinski definition) is 6. The SMILES string of the molecule is Cc1ccc([N+](=O)[O-])cc1S(=O)(=O)N[C@H](CO)C(=O)O. The molecular formula is C10H12N2O7S. The van der Waals surface area contributed by atoms with Crippen LogP contribution < -0.4 is 4.72 Å². The maximum absolute atomic E-state index is 12.0. The third kappa shape index (κ3) is 3.50. The summed E-state index contributed by atoms with van der Waals surface area (Å²) in [6.07, 6.45) is 0. The summed E-state index contributed by atoms with van der Waals surface area (Å²) in [5, 5.41) is 28.1. The number of benzene rings is 1. The van der Waals surface area contributed by atoms with Gasteiger partial charge in [0.15, 0.2) is 0 Å². The molecule has 0 aromatic heterocycles. The molecule has 1 rings (SSSR count). The number of carboxylic acids is 1. The Morgan fingerprint density at radius 1 is 1.50 bits per heavy atom. The lowest BCUT2D eigenvalue weighted by Gasteiger charge is -2.13. The zero-order chi connectivity index (χ0) is 15.5. The molecule has 0 spiro atoms. The number of rotatable bonds is 6. The number of non-ortho nitro benzene ring substituents is 1. The third-order valence-electron chi connectivity index (χ3n) is 2.45. The van der Waals surface area contributed by atoms with Crippen LogP contribution in [0.2, 0.25) is 0 Å². The van der Waals surface area contributed by atoms with Crippen LogP contribution in [0.25, 0.3) is 0 Å².